The summed E-state index contributed by atoms with van der Waals surface area (Å²) in [6, 6.07) is 0. The summed E-state index contributed by atoms with van der Waals surface area (Å²) in [4.78, 5) is 61.3. The van der Waals surface area contributed by atoms with Crippen LogP contribution in [0.3, 0.4) is 0 Å². The van der Waals surface area contributed by atoms with Gasteiger partial charge in [0.25, 0.3) is 0 Å². The molecule has 0 aromatic rings. The maximum absolute atomic E-state index is 10.4. The molecule has 3 unspecified atom stereocenters. The Balaban J connectivity index is -0.0000000596. The molecule has 0 aliphatic rings. The molecule has 0 aliphatic heterocycles. The third kappa shape index (κ3) is 53.0. The molecule has 14 heteroatoms. The quantitative estimate of drug-likeness (QED) is 0.133. The van der Waals surface area contributed by atoms with Crippen molar-refractivity contribution in [3.63, 3.8) is 0 Å². The standard InChI is InChI=1S/3C6H10O3.3C4H9O.2Al/c3*1-3-5(4(2)7)6(8)9;3*1-2-3-4-5;;/h3*5H,3H2,1-2H3,(H,8,9);3*2-4H2,1H3;;/q;;;3*-1;2*+3/p-3. The predicted molar refractivity (Wildman–Crippen MR) is 159 cm³/mol. The summed E-state index contributed by atoms with van der Waals surface area (Å²) in [7, 11) is 0. The van der Waals surface area contributed by atoms with Crippen molar-refractivity contribution < 1.29 is 59.4 Å². The van der Waals surface area contributed by atoms with E-state index in [1.807, 2.05) is 20.8 Å². The van der Waals surface area contributed by atoms with Crippen LogP contribution in [0.25, 0.3) is 0 Å². The number of ketones is 3. The molecule has 252 valence electrons. The van der Waals surface area contributed by atoms with Crippen LogP contribution in [0.1, 0.15) is 120 Å². The van der Waals surface area contributed by atoms with Gasteiger partial charge in [-0.1, -0.05) is 80.1 Å². The Kier molecular flexibility index (Phi) is 67.3. The van der Waals surface area contributed by atoms with Crippen molar-refractivity contribution in [2.45, 2.75) is 120 Å². The van der Waals surface area contributed by atoms with Gasteiger partial charge in [-0.3, -0.25) is 14.4 Å². The first-order chi connectivity index (χ1) is 19.5. The number of carbonyl (C=O) groups is 6. The molecule has 0 aliphatic carbocycles. The van der Waals surface area contributed by atoms with Crippen molar-refractivity contribution in [2.75, 3.05) is 19.8 Å². The van der Waals surface area contributed by atoms with Gasteiger partial charge in [-0.25, -0.2) is 0 Å². The van der Waals surface area contributed by atoms with Crippen molar-refractivity contribution in [3.05, 3.63) is 0 Å². The summed E-state index contributed by atoms with van der Waals surface area (Å²) in [5.41, 5.74) is 0. The molecule has 44 heavy (non-hydrogen) atoms. The zero-order chi connectivity index (χ0) is 34.7. The molecular formula is C30H54Al2O12. The fourth-order valence-electron chi connectivity index (χ4n) is 2.29. The summed E-state index contributed by atoms with van der Waals surface area (Å²) in [5.74, 6) is -7.56. The van der Waals surface area contributed by atoms with Crippen LogP contribution >= 0.6 is 0 Å². The number of rotatable bonds is 15. The number of aliphatic carboxylic acids is 3. The number of hydrogen-bond donors (Lipinski definition) is 0. The van der Waals surface area contributed by atoms with E-state index in [2.05, 4.69) is 0 Å². The largest absolute Gasteiger partial charge is 3.00 e. The molecule has 0 aromatic heterocycles. The Morgan fingerprint density at radius 2 is 0.591 bits per heavy atom. The summed E-state index contributed by atoms with van der Waals surface area (Å²) >= 11 is 0. The van der Waals surface area contributed by atoms with Crippen LogP contribution in [0.2, 0.25) is 0 Å². The number of carboxylic acids is 3. The smallest absolute Gasteiger partial charge is 0.854 e. The van der Waals surface area contributed by atoms with Gasteiger partial charge in [-0.05, 0) is 40.0 Å². The van der Waals surface area contributed by atoms with Crippen LogP contribution in [0.4, 0.5) is 0 Å². The molecule has 0 amide bonds. The second-order valence-electron chi connectivity index (χ2n) is 8.84. The Bertz CT molecular complexity index is 551. The third-order valence-corrected chi connectivity index (χ3v) is 5.04. The van der Waals surface area contributed by atoms with Gasteiger partial charge in [0.2, 0.25) is 0 Å². The maximum atomic E-state index is 10.4. The van der Waals surface area contributed by atoms with E-state index in [4.69, 9.17) is 0 Å². The minimum absolute atomic E-state index is 0. The number of unbranched alkanes of at least 4 members (excludes halogenated alkanes) is 3. The SMILES string of the molecule is CCC(C(C)=O)C(=O)[O-].CCC(C(C)=O)C(=O)[O-].CCC(C(C)=O)C(=O)[O-].CCCC[O-].CCCC[O-].CCCC[O-].[Al+3].[Al+3]. The number of Topliss-reactive ketones (excluding diaryl/α,β-unsaturated/α-hetero) is 3. The van der Waals surface area contributed by atoms with E-state index in [1.165, 1.54) is 20.8 Å². The number of hydrogen-bond acceptors (Lipinski definition) is 12. The monoisotopic (exact) mass is 660 g/mol. The molecule has 0 spiro atoms. The predicted octanol–water partition coefficient (Wildman–Crippen LogP) is -2.27. The molecule has 0 rings (SSSR count). The van der Waals surface area contributed by atoms with E-state index < -0.39 is 35.7 Å². The van der Waals surface area contributed by atoms with Gasteiger partial charge in [0.15, 0.2) is 0 Å². The Hall–Kier alpha value is -1.64. The van der Waals surface area contributed by atoms with Gasteiger partial charge in [-0.2, -0.15) is 0 Å². The fraction of sp³-hybridized carbons (Fsp3) is 0.800. The molecule has 3 atom stereocenters. The number of carbonyl (C=O) groups excluding carboxylic acids is 6. The van der Waals surface area contributed by atoms with E-state index in [0.717, 1.165) is 38.5 Å². The van der Waals surface area contributed by atoms with Crippen LogP contribution in [0, 0.1) is 17.8 Å². The zero-order valence-corrected chi connectivity index (χ0v) is 30.6. The molecule has 0 N–H and O–H groups in total. The van der Waals surface area contributed by atoms with Gasteiger partial charge in [-0.15, -0.1) is 19.8 Å². The second-order valence-corrected chi connectivity index (χ2v) is 8.84. The summed E-state index contributed by atoms with van der Waals surface area (Å²) in [5, 5.41) is 58.7. The first-order valence-corrected chi connectivity index (χ1v) is 14.4. The molecule has 0 fully saturated rings. The molecule has 0 bridgehead atoms. The van der Waals surface area contributed by atoms with Crippen LogP contribution in [-0.2, 0) is 28.8 Å². The second kappa shape index (κ2) is 48.3. The van der Waals surface area contributed by atoms with Crippen molar-refractivity contribution in [3.8, 4) is 0 Å². The van der Waals surface area contributed by atoms with E-state index in [-0.39, 0.29) is 71.9 Å². The van der Waals surface area contributed by atoms with Crippen molar-refractivity contribution in [1.29, 1.82) is 0 Å². The zero-order valence-electron chi connectivity index (χ0n) is 28.3. The minimum Gasteiger partial charge on any atom is -0.854 e. The molecule has 0 saturated heterocycles. The molecule has 0 aromatic carbocycles. The van der Waals surface area contributed by atoms with Gasteiger partial charge in [0, 0.05) is 0 Å². The van der Waals surface area contributed by atoms with E-state index >= 15 is 0 Å². The average molecular weight is 661 g/mol. The van der Waals surface area contributed by atoms with Crippen molar-refractivity contribution in [1.82, 2.24) is 0 Å². The molecule has 0 heterocycles. The van der Waals surface area contributed by atoms with Gasteiger partial charge in [0.05, 0.1) is 35.7 Å². The molecule has 12 nitrogen and oxygen atoms in total. The summed E-state index contributed by atoms with van der Waals surface area (Å²) in [6.07, 6.45) is 6.55. The van der Waals surface area contributed by atoms with E-state index in [9.17, 15) is 59.4 Å². The third-order valence-electron chi connectivity index (χ3n) is 5.04. The normalized spacial score (nSPS) is 10.6. The first-order valence-electron chi connectivity index (χ1n) is 14.4. The maximum Gasteiger partial charge on any atom is 3.00 e. The Labute approximate surface area is 286 Å². The van der Waals surface area contributed by atoms with Crippen molar-refractivity contribution >= 4 is 70.0 Å². The van der Waals surface area contributed by atoms with Crippen LogP contribution in [-0.4, -0.2) is 89.8 Å². The average Bonchev–Trinajstić information content (AvgIpc) is 2.87. The Morgan fingerprint density at radius 1 is 0.432 bits per heavy atom. The van der Waals surface area contributed by atoms with Gasteiger partial charge >= 0.3 is 34.7 Å². The van der Waals surface area contributed by atoms with Crippen LogP contribution in [0.15, 0.2) is 0 Å². The molecular weight excluding hydrogens is 606 g/mol. The van der Waals surface area contributed by atoms with E-state index in [1.54, 1.807) is 20.8 Å². The van der Waals surface area contributed by atoms with Crippen LogP contribution < -0.4 is 30.6 Å². The number of carboxylic acid groups (broad SMARTS) is 3. The van der Waals surface area contributed by atoms with Crippen molar-refractivity contribution in [2.24, 2.45) is 17.8 Å². The van der Waals surface area contributed by atoms with Gasteiger partial charge in [0.1, 0.15) is 17.3 Å². The van der Waals surface area contributed by atoms with Gasteiger partial charge < -0.3 is 45.0 Å². The fourth-order valence-corrected chi connectivity index (χ4v) is 2.29. The topological polar surface area (TPSA) is 241 Å². The molecule has 0 radical (unpaired) electrons. The first kappa shape index (κ1) is 61.4. The van der Waals surface area contributed by atoms with Crippen LogP contribution in [0.5, 0.6) is 0 Å². The van der Waals surface area contributed by atoms with E-state index in [0.29, 0.717) is 19.3 Å². The summed E-state index contributed by atoms with van der Waals surface area (Å²) < 4.78 is 0. The minimum atomic E-state index is -1.27. The Morgan fingerprint density at radius 3 is 0.591 bits per heavy atom. The summed E-state index contributed by atoms with van der Waals surface area (Å²) in [6.45, 7) is 15.0. The molecule has 0 saturated carbocycles.